The molecule has 4 aliphatic rings. The molecule has 440 valence electrons. The number of aliphatic hydroxyl groups is 3. The molecule has 2 aliphatic carbocycles. The number of anilines is 1. The number of aromatic hydroxyl groups is 2. The molecule has 1 unspecified atom stereocenters. The van der Waals surface area contributed by atoms with Crippen LogP contribution in [0.5, 0.6) is 17.2 Å². The van der Waals surface area contributed by atoms with Crippen molar-refractivity contribution in [2.24, 2.45) is 11.7 Å². The Bertz CT molecular complexity index is 3020. The minimum Gasteiger partial charge on any atom is -0.507 e. The van der Waals surface area contributed by atoms with E-state index >= 15 is 0 Å². The Kier molecular flexibility index (Phi) is 19.8. The molecule has 0 bridgehead atoms. The lowest BCUT2D eigenvalue weighted by atomic mass is 9.72. The maximum absolute atomic E-state index is 14.1. The number of alkyl carbamates (subject to hydrolysis) is 1. The van der Waals surface area contributed by atoms with Gasteiger partial charge in [-0.1, -0.05) is 44.5 Å². The van der Waals surface area contributed by atoms with Gasteiger partial charge in [-0.3, -0.25) is 43.3 Å². The third-order valence-electron chi connectivity index (χ3n) is 14.7. The molecule has 12 N–H and O–H groups in total. The van der Waals surface area contributed by atoms with Crippen molar-refractivity contribution in [1.29, 1.82) is 0 Å². The summed E-state index contributed by atoms with van der Waals surface area (Å²) in [5.41, 5.74) is 1.50. The standard InChI is InChI=1S/C56H67N7O19/c1-27(2)46(62-38(66)13-6-5-7-21-63-39(67)18-19-40(63)68)53(75)60-33(11-9-20-58-54(57)76)52(74)59-30-16-14-29(15-17-30)26-80-55(77)61-34-22-41(81-28(3)47(34)69)82-36-24-56(78,37(65)25-64)23-32-43(36)51(73)45-44(49(32)71)48(70)31-10-8-12-35(79-4)42(31)50(45)72/h8,10,12,14-19,27-28,33-34,36,41,46-47,64,69,71,73,78H,5-7,9,11,13,20-26H2,1-4H3,(H,59,74)(H,60,75)(H,61,77)(H,62,66)(H3,57,58,76)/t28-,33+,34-,36+,41+,46-,47+,56?/m0/s1. The van der Waals surface area contributed by atoms with Crippen molar-refractivity contribution < 1.29 is 92.4 Å². The van der Waals surface area contributed by atoms with E-state index in [0.717, 1.165) is 4.90 Å². The molecule has 2 aliphatic heterocycles. The van der Waals surface area contributed by atoms with E-state index in [1.807, 2.05) is 0 Å². The van der Waals surface area contributed by atoms with Crippen LogP contribution in [0.25, 0.3) is 0 Å². The molecule has 3 aromatic rings. The van der Waals surface area contributed by atoms with Crippen molar-refractivity contribution in [3.05, 3.63) is 93.6 Å². The topological polar surface area (TPSA) is 398 Å². The number of nitrogens with one attached hydrogen (secondary N) is 5. The maximum atomic E-state index is 14.1. The number of Topliss-reactive ketones (excluding diaryl/α,β-unsaturated/α-hetero) is 1. The summed E-state index contributed by atoms with van der Waals surface area (Å²) in [6.45, 7) is 3.78. The predicted octanol–water partition coefficient (Wildman–Crippen LogP) is 1.47. The fourth-order valence-corrected chi connectivity index (χ4v) is 10.3. The van der Waals surface area contributed by atoms with E-state index in [9.17, 15) is 73.5 Å². The van der Waals surface area contributed by atoms with Gasteiger partial charge in [0.05, 0.1) is 42.0 Å². The fourth-order valence-electron chi connectivity index (χ4n) is 10.3. The SMILES string of the molecule is COc1cccc2c1C(=O)c1c(O)c3c(c(O)c1C2=O)CC(O)(C(=O)CO)C[C@H]3O[C@@H]1C[C@H](NC(=O)OCc2ccc(NC(=O)[C@@H](CCCNC(N)=O)NC(=O)[C@@H](NC(=O)CCCCCN3C(=O)C=CC3=O)C(C)C)cc2)[C@H](O)[C@H](C)O1. The number of imide groups is 1. The predicted molar refractivity (Wildman–Crippen MR) is 286 cm³/mol. The third-order valence-corrected chi connectivity index (χ3v) is 14.7. The average molecular weight is 1140 g/mol. The summed E-state index contributed by atoms with van der Waals surface area (Å²) in [5, 5.41) is 69.4. The van der Waals surface area contributed by atoms with Crippen LogP contribution in [0.15, 0.2) is 54.6 Å². The van der Waals surface area contributed by atoms with Crippen LogP contribution in [-0.4, -0.2) is 158 Å². The summed E-state index contributed by atoms with van der Waals surface area (Å²) < 4.78 is 23.0. The highest BCUT2D eigenvalue weighted by Crippen LogP contribution is 2.52. The van der Waals surface area contributed by atoms with Gasteiger partial charge in [0.25, 0.3) is 11.8 Å². The van der Waals surface area contributed by atoms with E-state index in [2.05, 4.69) is 26.6 Å². The second-order valence-electron chi connectivity index (χ2n) is 20.8. The van der Waals surface area contributed by atoms with E-state index in [0.29, 0.717) is 24.8 Å². The largest absolute Gasteiger partial charge is 0.507 e. The number of amides is 8. The van der Waals surface area contributed by atoms with Crippen LogP contribution in [0.3, 0.4) is 0 Å². The van der Waals surface area contributed by atoms with Gasteiger partial charge < -0.3 is 76.8 Å². The number of rotatable bonds is 24. The molecular formula is C56H67N7O19. The number of nitrogens with zero attached hydrogens (tertiary/aromatic N) is 1. The molecule has 1 saturated heterocycles. The minimum atomic E-state index is -2.42. The van der Waals surface area contributed by atoms with Gasteiger partial charge in [-0.25, -0.2) is 9.59 Å². The number of phenols is 2. The number of ketones is 3. The molecule has 1 fully saturated rings. The normalized spacial score (nSPS) is 21.6. The van der Waals surface area contributed by atoms with Crippen LogP contribution in [0.4, 0.5) is 15.3 Å². The molecule has 0 aromatic heterocycles. The number of urea groups is 1. The monoisotopic (exact) mass is 1140 g/mol. The number of phenolic OH excluding ortho intramolecular Hbond substituents is 2. The number of carbonyl (C=O) groups is 10. The van der Waals surface area contributed by atoms with E-state index < -0.39 is 144 Å². The van der Waals surface area contributed by atoms with Crippen LogP contribution >= 0.6 is 0 Å². The molecule has 8 atom stereocenters. The summed E-state index contributed by atoms with van der Waals surface area (Å²) in [6.07, 6.45) is -3.74. The molecule has 0 radical (unpaired) electrons. The van der Waals surface area contributed by atoms with Crippen molar-refractivity contribution >= 4 is 64.7 Å². The van der Waals surface area contributed by atoms with Gasteiger partial charge >= 0.3 is 12.1 Å². The number of benzene rings is 3. The zero-order valence-corrected chi connectivity index (χ0v) is 45.5. The number of unbranched alkanes of at least 4 members (excludes halogenated alkanes) is 2. The molecule has 26 nitrogen and oxygen atoms in total. The average Bonchev–Trinajstić information content (AvgIpc) is 1.70. The second kappa shape index (κ2) is 26.5. The lowest BCUT2D eigenvalue weighted by Gasteiger charge is -2.42. The van der Waals surface area contributed by atoms with Gasteiger partial charge in [0.1, 0.15) is 54.3 Å². The number of methoxy groups -OCH3 is 1. The van der Waals surface area contributed by atoms with Crippen LogP contribution in [0.2, 0.25) is 0 Å². The molecule has 7 rings (SSSR count). The number of aliphatic hydroxyl groups excluding tert-OH is 2. The number of nitrogens with two attached hydrogens (primary N) is 1. The highest BCUT2D eigenvalue weighted by Gasteiger charge is 2.50. The molecule has 26 heteroatoms. The van der Waals surface area contributed by atoms with E-state index in [-0.39, 0.29) is 90.9 Å². The Morgan fingerprint density at radius 1 is 0.878 bits per heavy atom. The molecular weight excluding hydrogens is 1070 g/mol. The number of fused-ring (bicyclic) bond motifs is 3. The number of primary amides is 1. The van der Waals surface area contributed by atoms with Gasteiger partial charge in [0.2, 0.25) is 23.5 Å². The van der Waals surface area contributed by atoms with Gasteiger partial charge in [0.15, 0.2) is 17.9 Å². The summed E-state index contributed by atoms with van der Waals surface area (Å²) in [6, 6.07) is 6.27. The van der Waals surface area contributed by atoms with Gasteiger partial charge in [-0.15, -0.1) is 0 Å². The summed E-state index contributed by atoms with van der Waals surface area (Å²) in [4.78, 5) is 131. The Morgan fingerprint density at radius 3 is 2.23 bits per heavy atom. The van der Waals surface area contributed by atoms with Gasteiger partial charge in [-0.2, -0.15) is 0 Å². The van der Waals surface area contributed by atoms with E-state index in [1.165, 1.54) is 56.5 Å². The number of hydrogen-bond acceptors (Lipinski definition) is 19. The number of hydrogen-bond donors (Lipinski definition) is 11. The first-order valence-electron chi connectivity index (χ1n) is 26.7. The Balaban J connectivity index is 0.959. The van der Waals surface area contributed by atoms with Gasteiger partial charge in [-0.05, 0) is 62.3 Å². The Hall–Kier alpha value is -8.30. The quantitative estimate of drug-likeness (QED) is 0.0269. The van der Waals surface area contributed by atoms with E-state index in [4.69, 9.17) is 24.7 Å². The molecule has 3 aromatic carbocycles. The third kappa shape index (κ3) is 13.9. The Morgan fingerprint density at radius 2 is 1.57 bits per heavy atom. The number of ether oxygens (including phenoxy) is 4. The second-order valence-corrected chi connectivity index (χ2v) is 20.8. The molecule has 2 heterocycles. The van der Waals surface area contributed by atoms with Crippen LogP contribution in [0.1, 0.15) is 127 Å². The fraction of sp³-hybridized carbons (Fsp3) is 0.464. The lowest BCUT2D eigenvalue weighted by molar-refractivity contribution is -0.249. The van der Waals surface area contributed by atoms with Crippen molar-refractivity contribution in [1.82, 2.24) is 26.2 Å². The lowest BCUT2D eigenvalue weighted by Crippen LogP contribution is -2.56. The first-order valence-corrected chi connectivity index (χ1v) is 26.7. The summed E-state index contributed by atoms with van der Waals surface area (Å²) in [7, 11) is 1.28. The van der Waals surface area contributed by atoms with Crippen molar-refractivity contribution in [2.45, 2.75) is 133 Å². The van der Waals surface area contributed by atoms with Crippen LogP contribution in [0, 0.1) is 5.92 Å². The first-order chi connectivity index (χ1) is 39.0. The van der Waals surface area contributed by atoms with Crippen molar-refractivity contribution in [3.8, 4) is 17.2 Å². The molecule has 8 amide bonds. The van der Waals surface area contributed by atoms with Crippen molar-refractivity contribution in [2.75, 3.05) is 32.1 Å². The zero-order chi connectivity index (χ0) is 59.7. The zero-order valence-electron chi connectivity index (χ0n) is 45.5. The number of carbonyl (C=O) groups excluding carboxylic acids is 10. The van der Waals surface area contributed by atoms with Crippen LogP contribution < -0.4 is 37.1 Å². The van der Waals surface area contributed by atoms with Crippen LogP contribution in [-0.2, 0) is 56.0 Å². The molecule has 82 heavy (non-hydrogen) atoms. The highest BCUT2D eigenvalue weighted by atomic mass is 16.7. The first kappa shape index (κ1) is 61.3. The minimum absolute atomic E-state index is 0.0191. The molecule has 0 spiro atoms. The molecule has 0 saturated carbocycles. The highest BCUT2D eigenvalue weighted by molar-refractivity contribution is 6.31. The van der Waals surface area contributed by atoms with Gasteiger partial charge in [0, 0.05) is 73.3 Å². The van der Waals surface area contributed by atoms with Crippen molar-refractivity contribution in [3.63, 3.8) is 0 Å². The van der Waals surface area contributed by atoms with E-state index in [1.54, 1.807) is 26.0 Å². The summed E-state index contributed by atoms with van der Waals surface area (Å²) in [5.74, 6) is -7.22. The maximum Gasteiger partial charge on any atom is 0.407 e. The smallest absolute Gasteiger partial charge is 0.407 e. The summed E-state index contributed by atoms with van der Waals surface area (Å²) >= 11 is 0. The Labute approximate surface area is 470 Å².